The van der Waals surface area contributed by atoms with Crippen molar-refractivity contribution in [2.75, 3.05) is 32.8 Å². The lowest BCUT2D eigenvalue weighted by Crippen LogP contribution is -2.44. The minimum absolute atomic E-state index is 0.171. The van der Waals surface area contributed by atoms with Crippen molar-refractivity contribution in [1.82, 2.24) is 9.80 Å². The fourth-order valence-corrected chi connectivity index (χ4v) is 3.29. The van der Waals surface area contributed by atoms with E-state index in [9.17, 15) is 4.39 Å². The lowest BCUT2D eigenvalue weighted by atomic mass is 10.0. The molecule has 4 heteroatoms. The first kappa shape index (κ1) is 17.4. The number of hydrogen-bond acceptors (Lipinski definition) is 3. The fraction of sp³-hybridized carbons (Fsp3) is 0.667. The molecule has 1 heterocycles. The Morgan fingerprint density at radius 3 is 2.59 bits per heavy atom. The molecule has 1 unspecified atom stereocenters. The molecular weight excluding hydrogens is 279 g/mol. The van der Waals surface area contributed by atoms with Crippen LogP contribution in [0.1, 0.15) is 32.3 Å². The monoisotopic (exact) mass is 308 g/mol. The van der Waals surface area contributed by atoms with Gasteiger partial charge in [-0.05, 0) is 43.0 Å². The maximum absolute atomic E-state index is 13.1. The van der Waals surface area contributed by atoms with Crippen molar-refractivity contribution in [3.8, 4) is 0 Å². The van der Waals surface area contributed by atoms with Crippen LogP contribution in [0.2, 0.25) is 0 Å². The third-order valence-electron chi connectivity index (χ3n) is 4.53. The van der Waals surface area contributed by atoms with E-state index in [1.165, 1.54) is 5.56 Å². The molecule has 0 saturated carbocycles. The van der Waals surface area contributed by atoms with Gasteiger partial charge in [0, 0.05) is 38.8 Å². The predicted molar refractivity (Wildman–Crippen MR) is 88.2 cm³/mol. The van der Waals surface area contributed by atoms with E-state index in [-0.39, 0.29) is 12.4 Å². The zero-order valence-electron chi connectivity index (χ0n) is 13.8. The van der Waals surface area contributed by atoms with E-state index in [2.05, 4.69) is 23.6 Å². The molecule has 1 N–H and O–H groups in total. The second kappa shape index (κ2) is 8.61. The van der Waals surface area contributed by atoms with Gasteiger partial charge < -0.3 is 10.0 Å². The summed E-state index contributed by atoms with van der Waals surface area (Å²) in [5.41, 5.74) is 1.18. The Balaban J connectivity index is 2.03. The van der Waals surface area contributed by atoms with E-state index in [1.54, 1.807) is 12.1 Å². The van der Waals surface area contributed by atoms with Gasteiger partial charge in [-0.25, -0.2) is 4.39 Å². The number of aliphatic hydroxyl groups is 1. The van der Waals surface area contributed by atoms with E-state index in [1.807, 2.05) is 12.1 Å². The van der Waals surface area contributed by atoms with Gasteiger partial charge in [-0.15, -0.1) is 0 Å². The summed E-state index contributed by atoms with van der Waals surface area (Å²) in [6.07, 6.45) is 2.00. The first-order chi connectivity index (χ1) is 10.6. The van der Waals surface area contributed by atoms with Gasteiger partial charge in [-0.3, -0.25) is 4.90 Å². The number of halogens is 1. The molecule has 1 atom stereocenters. The SMILES string of the molecule is CC(C)C1CN(CCCO)CCCN1Cc1ccc(F)cc1. The molecule has 0 amide bonds. The molecular formula is C18H29FN2O. The summed E-state index contributed by atoms with van der Waals surface area (Å²) in [7, 11) is 0. The topological polar surface area (TPSA) is 26.7 Å². The molecule has 1 aliphatic rings. The summed E-state index contributed by atoms with van der Waals surface area (Å²) < 4.78 is 13.1. The predicted octanol–water partition coefficient (Wildman–Crippen LogP) is 2.74. The zero-order chi connectivity index (χ0) is 15.9. The number of nitrogens with zero attached hydrogens (tertiary/aromatic N) is 2. The number of hydrogen-bond donors (Lipinski definition) is 1. The largest absolute Gasteiger partial charge is 0.396 e. The minimum atomic E-state index is -0.171. The summed E-state index contributed by atoms with van der Waals surface area (Å²) in [5.74, 6) is 0.408. The lowest BCUT2D eigenvalue weighted by molar-refractivity contribution is 0.129. The third kappa shape index (κ3) is 5.04. The van der Waals surface area contributed by atoms with Crippen LogP contribution in [0.4, 0.5) is 4.39 Å². The van der Waals surface area contributed by atoms with Crippen LogP contribution >= 0.6 is 0 Å². The van der Waals surface area contributed by atoms with Crippen molar-refractivity contribution in [3.05, 3.63) is 35.6 Å². The summed E-state index contributed by atoms with van der Waals surface area (Å²) >= 11 is 0. The van der Waals surface area contributed by atoms with Crippen LogP contribution in [0.15, 0.2) is 24.3 Å². The molecule has 0 radical (unpaired) electrons. The van der Waals surface area contributed by atoms with Crippen LogP contribution in [0.25, 0.3) is 0 Å². The summed E-state index contributed by atoms with van der Waals surface area (Å²) in [6.45, 7) is 9.91. The van der Waals surface area contributed by atoms with Crippen molar-refractivity contribution >= 4 is 0 Å². The van der Waals surface area contributed by atoms with Gasteiger partial charge >= 0.3 is 0 Å². The molecule has 3 nitrogen and oxygen atoms in total. The van der Waals surface area contributed by atoms with Crippen molar-refractivity contribution < 1.29 is 9.50 Å². The van der Waals surface area contributed by atoms with Crippen LogP contribution in [0.3, 0.4) is 0 Å². The minimum Gasteiger partial charge on any atom is -0.396 e. The molecule has 0 aromatic heterocycles. The van der Waals surface area contributed by atoms with Gasteiger partial charge in [-0.2, -0.15) is 0 Å². The Morgan fingerprint density at radius 2 is 1.95 bits per heavy atom. The first-order valence-corrected chi connectivity index (χ1v) is 8.42. The Bertz CT molecular complexity index is 435. The maximum atomic E-state index is 13.1. The zero-order valence-corrected chi connectivity index (χ0v) is 13.8. The van der Waals surface area contributed by atoms with Crippen molar-refractivity contribution in [2.24, 2.45) is 5.92 Å². The van der Waals surface area contributed by atoms with Crippen LogP contribution < -0.4 is 0 Å². The van der Waals surface area contributed by atoms with Gasteiger partial charge in [0.15, 0.2) is 0 Å². The van der Waals surface area contributed by atoms with Gasteiger partial charge in [-0.1, -0.05) is 26.0 Å². The van der Waals surface area contributed by atoms with Crippen molar-refractivity contribution in [3.63, 3.8) is 0 Å². The average molecular weight is 308 g/mol. The second-order valence-corrected chi connectivity index (χ2v) is 6.64. The standard InChI is InChI=1S/C18H29FN2O/c1-15(2)18-14-20(10-4-12-22)9-3-11-21(18)13-16-5-7-17(19)8-6-16/h5-8,15,18,22H,3-4,9-14H2,1-2H3. The van der Waals surface area contributed by atoms with Crippen molar-refractivity contribution in [1.29, 1.82) is 0 Å². The smallest absolute Gasteiger partial charge is 0.123 e. The Labute approximate surface area is 133 Å². The molecule has 124 valence electrons. The van der Waals surface area contributed by atoms with Crippen LogP contribution in [0, 0.1) is 11.7 Å². The van der Waals surface area contributed by atoms with E-state index < -0.39 is 0 Å². The fourth-order valence-electron chi connectivity index (χ4n) is 3.29. The number of benzene rings is 1. The highest BCUT2D eigenvalue weighted by Gasteiger charge is 2.27. The highest BCUT2D eigenvalue weighted by Crippen LogP contribution is 2.20. The molecule has 1 aromatic rings. The maximum Gasteiger partial charge on any atom is 0.123 e. The van der Waals surface area contributed by atoms with Crippen LogP contribution in [-0.2, 0) is 6.54 Å². The van der Waals surface area contributed by atoms with Gasteiger partial charge in [0.1, 0.15) is 5.82 Å². The Hall–Kier alpha value is -0.970. The average Bonchev–Trinajstić information content (AvgIpc) is 2.70. The molecule has 0 bridgehead atoms. The van der Waals surface area contributed by atoms with E-state index in [4.69, 9.17) is 5.11 Å². The highest BCUT2D eigenvalue weighted by molar-refractivity contribution is 5.16. The molecule has 1 aliphatic heterocycles. The Kier molecular flexibility index (Phi) is 6.80. The van der Waals surface area contributed by atoms with Gasteiger partial charge in [0.2, 0.25) is 0 Å². The molecule has 0 aliphatic carbocycles. The van der Waals surface area contributed by atoms with Gasteiger partial charge in [0.25, 0.3) is 0 Å². The second-order valence-electron chi connectivity index (χ2n) is 6.64. The normalized spacial score (nSPS) is 21.2. The molecule has 1 saturated heterocycles. The molecule has 1 fully saturated rings. The number of rotatable bonds is 6. The number of aliphatic hydroxyl groups excluding tert-OH is 1. The first-order valence-electron chi connectivity index (χ1n) is 8.42. The summed E-state index contributed by atoms with van der Waals surface area (Å²) in [5, 5.41) is 9.04. The van der Waals surface area contributed by atoms with E-state index >= 15 is 0 Å². The third-order valence-corrected chi connectivity index (χ3v) is 4.53. The van der Waals surface area contributed by atoms with Crippen LogP contribution in [-0.4, -0.2) is 53.7 Å². The van der Waals surface area contributed by atoms with Crippen molar-refractivity contribution in [2.45, 2.75) is 39.3 Å². The van der Waals surface area contributed by atoms with Gasteiger partial charge in [0.05, 0.1) is 0 Å². The summed E-state index contributed by atoms with van der Waals surface area (Å²) in [4.78, 5) is 5.02. The highest BCUT2D eigenvalue weighted by atomic mass is 19.1. The molecule has 1 aromatic carbocycles. The molecule has 0 spiro atoms. The summed E-state index contributed by atoms with van der Waals surface area (Å²) in [6, 6.07) is 7.38. The Morgan fingerprint density at radius 1 is 1.23 bits per heavy atom. The van der Waals surface area contributed by atoms with Crippen LogP contribution in [0.5, 0.6) is 0 Å². The molecule has 2 rings (SSSR count). The van der Waals surface area contributed by atoms with E-state index in [0.29, 0.717) is 12.0 Å². The lowest BCUT2D eigenvalue weighted by Gasteiger charge is -2.34. The van der Waals surface area contributed by atoms with E-state index in [0.717, 1.165) is 45.6 Å². The quantitative estimate of drug-likeness (QED) is 0.875. The molecule has 22 heavy (non-hydrogen) atoms.